The largest absolute Gasteiger partial charge is 0.493 e. The quantitative estimate of drug-likeness (QED) is 0.461. The SMILES string of the molecule is CC(C)(c1ccc(OC[C@H]2C[C@H](NS(C)(=O)=O)C2)cc1)c1cc(Cl)c(OCCCl)c(C#N)c1. The van der Waals surface area contributed by atoms with E-state index in [-0.39, 0.29) is 12.6 Å². The van der Waals surface area contributed by atoms with Crippen LogP contribution in [0.5, 0.6) is 11.5 Å². The van der Waals surface area contributed by atoms with Gasteiger partial charge in [-0.15, -0.1) is 11.6 Å². The molecule has 0 atom stereocenters. The number of nitriles is 1. The van der Waals surface area contributed by atoms with Crippen molar-refractivity contribution >= 4 is 33.2 Å². The number of benzene rings is 2. The van der Waals surface area contributed by atoms with E-state index in [1.54, 1.807) is 6.07 Å². The van der Waals surface area contributed by atoms with Gasteiger partial charge in [0.2, 0.25) is 10.0 Å². The molecule has 178 valence electrons. The summed E-state index contributed by atoms with van der Waals surface area (Å²) in [6.07, 6.45) is 2.74. The van der Waals surface area contributed by atoms with Crippen LogP contribution in [0.2, 0.25) is 5.02 Å². The molecule has 0 amide bonds. The minimum absolute atomic E-state index is 0.00799. The average molecular weight is 511 g/mol. The van der Waals surface area contributed by atoms with Crippen LogP contribution in [0.1, 0.15) is 43.4 Å². The Kier molecular flexibility index (Phi) is 8.17. The van der Waals surface area contributed by atoms with Gasteiger partial charge in [0.25, 0.3) is 0 Å². The molecule has 1 aliphatic carbocycles. The molecule has 0 heterocycles. The van der Waals surface area contributed by atoms with Crippen LogP contribution in [0, 0.1) is 17.2 Å². The molecule has 0 aromatic heterocycles. The van der Waals surface area contributed by atoms with E-state index in [2.05, 4.69) is 24.6 Å². The topological polar surface area (TPSA) is 88.4 Å². The molecule has 0 bridgehead atoms. The van der Waals surface area contributed by atoms with Gasteiger partial charge in [-0.2, -0.15) is 5.26 Å². The Hall–Kier alpha value is -1.98. The molecule has 6 nitrogen and oxygen atoms in total. The molecule has 1 fully saturated rings. The van der Waals surface area contributed by atoms with Crippen LogP contribution >= 0.6 is 23.2 Å². The lowest BCUT2D eigenvalue weighted by atomic mass is 9.77. The van der Waals surface area contributed by atoms with E-state index in [0.29, 0.717) is 34.7 Å². The zero-order valence-electron chi connectivity index (χ0n) is 18.9. The molecular formula is C24H28Cl2N2O4S. The van der Waals surface area contributed by atoms with Gasteiger partial charge < -0.3 is 9.47 Å². The molecule has 1 N–H and O–H groups in total. The van der Waals surface area contributed by atoms with Crippen molar-refractivity contribution < 1.29 is 17.9 Å². The maximum atomic E-state index is 11.3. The number of hydrogen-bond donors (Lipinski definition) is 1. The molecule has 33 heavy (non-hydrogen) atoms. The first-order chi connectivity index (χ1) is 15.5. The van der Waals surface area contributed by atoms with Crippen LogP contribution in [0.25, 0.3) is 0 Å². The third-order valence-electron chi connectivity index (χ3n) is 5.89. The Morgan fingerprint density at radius 1 is 1.15 bits per heavy atom. The van der Waals surface area contributed by atoms with E-state index in [0.717, 1.165) is 29.7 Å². The van der Waals surface area contributed by atoms with E-state index >= 15 is 0 Å². The summed E-state index contributed by atoms with van der Waals surface area (Å²) in [6.45, 7) is 4.96. The number of nitrogens with one attached hydrogen (secondary N) is 1. The lowest BCUT2D eigenvalue weighted by molar-refractivity contribution is 0.152. The predicted molar refractivity (Wildman–Crippen MR) is 131 cm³/mol. The lowest BCUT2D eigenvalue weighted by Crippen LogP contribution is -2.45. The molecule has 2 aromatic rings. The van der Waals surface area contributed by atoms with Crippen LogP contribution in [0.15, 0.2) is 36.4 Å². The number of rotatable bonds is 10. The lowest BCUT2D eigenvalue weighted by Gasteiger charge is -2.35. The van der Waals surface area contributed by atoms with Crippen molar-refractivity contribution in [3.8, 4) is 17.6 Å². The Morgan fingerprint density at radius 3 is 2.39 bits per heavy atom. The van der Waals surface area contributed by atoms with Gasteiger partial charge in [0, 0.05) is 11.5 Å². The van der Waals surface area contributed by atoms with Gasteiger partial charge in [0.15, 0.2) is 5.75 Å². The van der Waals surface area contributed by atoms with Crippen molar-refractivity contribution in [3.63, 3.8) is 0 Å². The standard InChI is InChI=1S/C24H28Cl2N2O4S/c1-24(2,19-12-17(14-27)23(22(26)13-19)31-9-8-25)18-4-6-21(7-5-18)32-15-16-10-20(11-16)28-33(3,29)30/h4-7,12-13,16,20,28H,8-11,15H2,1-3H3/t16-,20-. The fraction of sp³-hybridized carbons (Fsp3) is 0.458. The maximum absolute atomic E-state index is 11.3. The van der Waals surface area contributed by atoms with Crippen molar-refractivity contribution in [1.29, 1.82) is 5.26 Å². The van der Waals surface area contributed by atoms with Crippen LogP contribution in [0.3, 0.4) is 0 Å². The zero-order chi connectivity index (χ0) is 24.2. The second-order valence-electron chi connectivity index (χ2n) is 8.87. The fourth-order valence-corrected chi connectivity index (χ4v) is 5.09. The van der Waals surface area contributed by atoms with E-state index < -0.39 is 15.4 Å². The number of ether oxygens (including phenoxy) is 2. The molecular weight excluding hydrogens is 483 g/mol. The highest BCUT2D eigenvalue weighted by atomic mass is 35.5. The summed E-state index contributed by atoms with van der Waals surface area (Å²) in [5.74, 6) is 1.76. The van der Waals surface area contributed by atoms with Gasteiger partial charge in [-0.3, -0.25) is 0 Å². The molecule has 3 rings (SSSR count). The summed E-state index contributed by atoms with van der Waals surface area (Å²) in [4.78, 5) is 0. The molecule has 0 saturated heterocycles. The van der Waals surface area contributed by atoms with Crippen molar-refractivity contribution in [1.82, 2.24) is 4.72 Å². The molecule has 1 saturated carbocycles. The van der Waals surface area contributed by atoms with Gasteiger partial charge in [-0.25, -0.2) is 13.1 Å². The summed E-state index contributed by atoms with van der Waals surface area (Å²) in [7, 11) is -3.16. The molecule has 1 aliphatic rings. The van der Waals surface area contributed by atoms with Crippen molar-refractivity contribution in [2.45, 2.75) is 38.1 Å². The zero-order valence-corrected chi connectivity index (χ0v) is 21.2. The number of sulfonamides is 1. The van der Waals surface area contributed by atoms with Crippen molar-refractivity contribution in [2.24, 2.45) is 5.92 Å². The number of halogens is 2. The van der Waals surface area contributed by atoms with Gasteiger partial charge in [0.1, 0.15) is 18.4 Å². The smallest absolute Gasteiger partial charge is 0.208 e. The molecule has 2 aromatic carbocycles. The molecule has 0 spiro atoms. The minimum Gasteiger partial charge on any atom is -0.493 e. The van der Waals surface area contributed by atoms with E-state index in [1.165, 1.54) is 6.26 Å². The summed E-state index contributed by atoms with van der Waals surface area (Å²) < 4.78 is 36.6. The van der Waals surface area contributed by atoms with Crippen LogP contribution in [0.4, 0.5) is 0 Å². The van der Waals surface area contributed by atoms with Crippen LogP contribution in [-0.2, 0) is 15.4 Å². The Bertz CT molecular complexity index is 1120. The first-order valence-electron chi connectivity index (χ1n) is 10.7. The molecule has 0 unspecified atom stereocenters. The first kappa shape index (κ1) is 25.6. The number of nitrogens with zero attached hydrogens (tertiary/aromatic N) is 1. The van der Waals surface area contributed by atoms with E-state index in [4.69, 9.17) is 32.7 Å². The second-order valence-corrected chi connectivity index (χ2v) is 11.4. The van der Waals surface area contributed by atoms with Crippen molar-refractivity contribution in [3.05, 3.63) is 58.1 Å². The molecule has 9 heteroatoms. The average Bonchev–Trinajstić information content (AvgIpc) is 2.73. The maximum Gasteiger partial charge on any atom is 0.208 e. The van der Waals surface area contributed by atoms with Crippen molar-refractivity contribution in [2.75, 3.05) is 25.3 Å². The van der Waals surface area contributed by atoms with Crippen LogP contribution in [-0.4, -0.2) is 39.8 Å². The minimum atomic E-state index is -3.16. The Labute approximate surface area is 205 Å². The summed E-state index contributed by atoms with van der Waals surface area (Å²) >= 11 is 12.1. The third-order valence-corrected chi connectivity index (χ3v) is 7.08. The highest BCUT2D eigenvalue weighted by molar-refractivity contribution is 7.88. The number of hydrogen-bond acceptors (Lipinski definition) is 5. The predicted octanol–water partition coefficient (Wildman–Crippen LogP) is 4.86. The second kappa shape index (κ2) is 10.5. The highest BCUT2D eigenvalue weighted by Crippen LogP contribution is 2.38. The molecule has 0 radical (unpaired) electrons. The monoisotopic (exact) mass is 510 g/mol. The summed E-state index contributed by atoms with van der Waals surface area (Å²) in [5, 5.41) is 9.95. The molecule has 0 aliphatic heterocycles. The van der Waals surface area contributed by atoms with Gasteiger partial charge in [0.05, 0.1) is 29.3 Å². The third kappa shape index (κ3) is 6.54. The van der Waals surface area contributed by atoms with E-state index in [9.17, 15) is 13.7 Å². The van der Waals surface area contributed by atoms with Crippen LogP contribution < -0.4 is 14.2 Å². The summed E-state index contributed by atoms with van der Waals surface area (Å²) in [6, 6.07) is 13.7. The van der Waals surface area contributed by atoms with E-state index in [1.807, 2.05) is 30.3 Å². The van der Waals surface area contributed by atoms with Gasteiger partial charge in [-0.1, -0.05) is 37.6 Å². The Balaban J connectivity index is 1.65. The first-order valence-corrected chi connectivity index (χ1v) is 13.5. The Morgan fingerprint density at radius 2 is 1.82 bits per heavy atom. The summed E-state index contributed by atoms with van der Waals surface area (Å²) in [5.41, 5.74) is 1.91. The normalized spacial score (nSPS) is 18.3. The number of alkyl halides is 1. The fourth-order valence-electron chi connectivity index (χ4n) is 3.94. The van der Waals surface area contributed by atoms with Gasteiger partial charge in [-0.05, 0) is 54.2 Å². The highest BCUT2D eigenvalue weighted by Gasteiger charge is 2.31. The van der Waals surface area contributed by atoms with Gasteiger partial charge >= 0.3 is 0 Å².